The van der Waals surface area contributed by atoms with E-state index in [1.54, 1.807) is 18.2 Å². The number of guanidine groups is 1. The van der Waals surface area contributed by atoms with Gasteiger partial charge in [0, 0.05) is 37.9 Å². The summed E-state index contributed by atoms with van der Waals surface area (Å²) < 4.78 is 31.7. The van der Waals surface area contributed by atoms with Gasteiger partial charge in [0.2, 0.25) is 5.91 Å². The first-order valence-corrected chi connectivity index (χ1v) is 12.5. The number of hydrogen-bond acceptors (Lipinski definition) is 5. The Bertz CT molecular complexity index is 1180. The van der Waals surface area contributed by atoms with Crippen LogP contribution >= 0.6 is 0 Å². The van der Waals surface area contributed by atoms with Crippen LogP contribution < -0.4 is 10.6 Å². The first kappa shape index (κ1) is 32.1. The number of amides is 1. The molecular weight excluding hydrogens is 531 g/mol. The second kappa shape index (κ2) is 14.9. The molecule has 0 bridgehead atoms. The summed E-state index contributed by atoms with van der Waals surface area (Å²) in [7, 11) is 0. The van der Waals surface area contributed by atoms with E-state index in [4.69, 9.17) is 14.9 Å². The molecule has 1 heterocycles. The molecule has 218 valence electrons. The Hall–Kier alpha value is -4.13. The first-order valence-electron chi connectivity index (χ1n) is 12.5. The summed E-state index contributed by atoms with van der Waals surface area (Å²) in [6.07, 6.45) is -5.08. The molecule has 3 rings (SSSR count). The molecule has 4 N–H and O–H groups in total. The minimum Gasteiger partial charge on any atom is -0.478 e. The van der Waals surface area contributed by atoms with Gasteiger partial charge in [0.15, 0.2) is 5.96 Å². The molecule has 40 heavy (non-hydrogen) atoms. The average Bonchev–Trinajstić information content (AvgIpc) is 2.87. The monoisotopic (exact) mass is 565 g/mol. The summed E-state index contributed by atoms with van der Waals surface area (Å²) >= 11 is 0. The number of aliphatic carboxylic acids is 1. The van der Waals surface area contributed by atoms with Gasteiger partial charge in [0.1, 0.15) is 0 Å². The number of rotatable bonds is 7. The van der Waals surface area contributed by atoms with Gasteiger partial charge in [0.25, 0.3) is 0 Å². The van der Waals surface area contributed by atoms with Crippen molar-refractivity contribution in [2.24, 2.45) is 4.99 Å². The second-order valence-corrected chi connectivity index (χ2v) is 9.42. The highest BCUT2D eigenvalue weighted by atomic mass is 19.4. The minimum absolute atomic E-state index is 0.0373. The highest BCUT2D eigenvalue weighted by molar-refractivity contribution is 5.96. The van der Waals surface area contributed by atoms with E-state index in [-0.39, 0.29) is 17.5 Å². The zero-order valence-corrected chi connectivity index (χ0v) is 22.5. The van der Waals surface area contributed by atoms with Crippen LogP contribution in [0.2, 0.25) is 0 Å². The van der Waals surface area contributed by atoms with Crippen LogP contribution in [-0.4, -0.2) is 88.8 Å². The summed E-state index contributed by atoms with van der Waals surface area (Å²) in [5, 5.41) is 22.7. The van der Waals surface area contributed by atoms with E-state index >= 15 is 0 Å². The fraction of sp³-hybridized carbons (Fsp3) is 0.407. The quantitative estimate of drug-likeness (QED) is 0.296. The topological polar surface area (TPSA) is 135 Å². The Labute approximate surface area is 230 Å². The van der Waals surface area contributed by atoms with Crippen LogP contribution in [0.15, 0.2) is 53.5 Å². The molecule has 0 aliphatic carbocycles. The van der Waals surface area contributed by atoms with Crippen molar-refractivity contribution in [2.75, 3.05) is 38.0 Å². The van der Waals surface area contributed by atoms with Crippen molar-refractivity contribution in [1.82, 2.24) is 15.1 Å². The largest absolute Gasteiger partial charge is 0.490 e. The van der Waals surface area contributed by atoms with Gasteiger partial charge in [-0.2, -0.15) is 13.2 Å². The van der Waals surface area contributed by atoms with Gasteiger partial charge in [0.05, 0.1) is 18.7 Å². The van der Waals surface area contributed by atoms with Gasteiger partial charge >= 0.3 is 18.1 Å². The van der Waals surface area contributed by atoms with Crippen LogP contribution in [0.3, 0.4) is 0 Å². The number of hydrogen-bond donors (Lipinski definition) is 4. The number of carboxylic acids is 2. The summed E-state index contributed by atoms with van der Waals surface area (Å²) in [6, 6.07) is 15.1. The number of anilines is 1. The van der Waals surface area contributed by atoms with E-state index < -0.39 is 18.1 Å². The molecule has 1 aliphatic heterocycles. The number of halogens is 3. The normalized spacial score (nSPS) is 14.3. The second-order valence-electron chi connectivity index (χ2n) is 9.42. The van der Waals surface area contributed by atoms with E-state index in [9.17, 15) is 27.9 Å². The standard InChI is InChI=1S/C25H33N5O3.C2HF3O2/c1-18(2)27-23(31)17-29-11-13-30(14-12-29)25(26-16-20-9-7-19(3)8-10-20)28-22-6-4-5-21(15-22)24(32)33;3-2(4,5)1(6)7/h4-10,15,18H,11-14,16-17H2,1-3H3,(H,26,28)(H,27,31)(H,32,33);(H,6,7). The van der Waals surface area contributed by atoms with E-state index in [0.717, 1.165) is 18.7 Å². The van der Waals surface area contributed by atoms with Gasteiger partial charge in [-0.3, -0.25) is 9.69 Å². The molecule has 0 radical (unpaired) electrons. The third kappa shape index (κ3) is 11.3. The van der Waals surface area contributed by atoms with Gasteiger partial charge in [-0.25, -0.2) is 14.6 Å². The predicted molar refractivity (Wildman–Crippen MR) is 144 cm³/mol. The number of nitrogens with one attached hydrogen (secondary N) is 2. The van der Waals surface area contributed by atoms with E-state index in [0.29, 0.717) is 37.8 Å². The summed E-state index contributed by atoms with van der Waals surface area (Å²) in [5.41, 5.74) is 3.20. The predicted octanol–water partition coefficient (Wildman–Crippen LogP) is 3.44. The van der Waals surface area contributed by atoms with Crippen LogP contribution in [0.25, 0.3) is 0 Å². The lowest BCUT2D eigenvalue weighted by Crippen LogP contribution is -2.53. The molecule has 2 aromatic carbocycles. The molecule has 1 amide bonds. The molecule has 0 unspecified atom stereocenters. The number of piperazine rings is 1. The lowest BCUT2D eigenvalue weighted by molar-refractivity contribution is -0.192. The van der Waals surface area contributed by atoms with Gasteiger partial charge in [-0.05, 0) is 44.5 Å². The van der Waals surface area contributed by atoms with Crippen molar-refractivity contribution in [3.8, 4) is 0 Å². The number of aromatic carboxylic acids is 1. The molecule has 1 saturated heterocycles. The Morgan fingerprint density at radius 3 is 2.12 bits per heavy atom. The number of aryl methyl sites for hydroxylation is 1. The van der Waals surface area contributed by atoms with E-state index in [2.05, 4.69) is 51.6 Å². The molecule has 1 aliphatic rings. The number of carbonyl (C=O) groups is 3. The smallest absolute Gasteiger partial charge is 0.478 e. The minimum atomic E-state index is -5.08. The van der Waals surface area contributed by atoms with Crippen LogP contribution in [-0.2, 0) is 16.1 Å². The molecule has 13 heteroatoms. The van der Waals surface area contributed by atoms with E-state index in [1.165, 1.54) is 5.56 Å². The maximum atomic E-state index is 12.1. The van der Waals surface area contributed by atoms with E-state index in [1.807, 2.05) is 19.9 Å². The summed E-state index contributed by atoms with van der Waals surface area (Å²) in [4.78, 5) is 41.5. The van der Waals surface area contributed by atoms with Gasteiger partial charge < -0.3 is 25.7 Å². The van der Waals surface area contributed by atoms with Crippen molar-refractivity contribution < 1.29 is 37.8 Å². The van der Waals surface area contributed by atoms with Crippen molar-refractivity contribution in [2.45, 2.75) is 39.5 Å². The number of alkyl halides is 3. The molecule has 2 aromatic rings. The van der Waals surface area contributed by atoms with Crippen LogP contribution in [0.4, 0.5) is 18.9 Å². The number of benzene rings is 2. The summed E-state index contributed by atoms with van der Waals surface area (Å²) in [5.74, 6) is -2.99. The third-order valence-corrected chi connectivity index (χ3v) is 5.63. The lowest BCUT2D eigenvalue weighted by atomic mass is 10.1. The van der Waals surface area contributed by atoms with Crippen molar-refractivity contribution in [3.05, 3.63) is 65.2 Å². The highest BCUT2D eigenvalue weighted by Gasteiger charge is 2.38. The molecule has 0 aromatic heterocycles. The fourth-order valence-electron chi connectivity index (χ4n) is 3.63. The third-order valence-electron chi connectivity index (χ3n) is 5.63. The van der Waals surface area contributed by atoms with Crippen LogP contribution in [0.5, 0.6) is 0 Å². The molecular formula is C27H34F3N5O5. The highest BCUT2D eigenvalue weighted by Crippen LogP contribution is 2.15. The number of aliphatic imine (C=N–C) groups is 1. The van der Waals surface area contributed by atoms with Crippen molar-refractivity contribution >= 4 is 29.5 Å². The maximum absolute atomic E-state index is 12.1. The number of carboxylic acid groups (broad SMARTS) is 2. The zero-order valence-electron chi connectivity index (χ0n) is 22.5. The Balaban J connectivity index is 0.000000708. The van der Waals surface area contributed by atoms with Crippen molar-refractivity contribution in [1.29, 1.82) is 0 Å². The molecule has 0 atom stereocenters. The van der Waals surface area contributed by atoms with Crippen LogP contribution in [0, 0.1) is 6.92 Å². The molecule has 1 fully saturated rings. The Morgan fingerprint density at radius 1 is 1.00 bits per heavy atom. The van der Waals surface area contributed by atoms with Crippen molar-refractivity contribution in [3.63, 3.8) is 0 Å². The fourth-order valence-corrected chi connectivity index (χ4v) is 3.63. The van der Waals surface area contributed by atoms with Crippen LogP contribution in [0.1, 0.15) is 35.3 Å². The number of nitrogens with zero attached hydrogens (tertiary/aromatic N) is 3. The SMILES string of the molecule is Cc1ccc(CN=C(Nc2cccc(C(=O)O)c2)N2CCN(CC(=O)NC(C)C)CC2)cc1.O=C(O)C(F)(F)F. The summed E-state index contributed by atoms with van der Waals surface area (Å²) in [6.45, 7) is 9.78. The van der Waals surface area contributed by atoms with Gasteiger partial charge in [-0.1, -0.05) is 35.9 Å². The molecule has 10 nitrogen and oxygen atoms in total. The maximum Gasteiger partial charge on any atom is 0.490 e. The lowest BCUT2D eigenvalue weighted by Gasteiger charge is -2.36. The number of carbonyl (C=O) groups excluding carboxylic acids is 1. The average molecular weight is 566 g/mol. The Kier molecular flexibility index (Phi) is 11.9. The van der Waals surface area contributed by atoms with Gasteiger partial charge in [-0.15, -0.1) is 0 Å². The zero-order chi connectivity index (χ0) is 29.9. The first-order chi connectivity index (χ1) is 18.7. The molecule has 0 saturated carbocycles. The Morgan fingerprint density at radius 2 is 1.60 bits per heavy atom. The molecule has 0 spiro atoms.